The molecule has 0 saturated carbocycles. The van der Waals surface area contributed by atoms with E-state index in [-0.39, 0.29) is 0 Å². The lowest BCUT2D eigenvalue weighted by Gasteiger charge is -2.24. The molecule has 4 N–H and O–H groups in total. The highest BCUT2D eigenvalue weighted by atomic mass is 32.1. The Bertz CT molecular complexity index is 964. The first-order chi connectivity index (χ1) is 13.2. The number of fused-ring (bicyclic) bond motifs is 1. The average molecular weight is 383 g/mol. The van der Waals surface area contributed by atoms with Crippen molar-refractivity contribution >= 4 is 33.1 Å². The minimum Gasteiger partial charge on any atom is -0.481 e. The maximum Gasteiger partial charge on any atom is 0.251 e. The van der Waals surface area contributed by atoms with Crippen molar-refractivity contribution < 1.29 is 9.53 Å². The number of hydrogen-bond acceptors (Lipinski definition) is 7. The Morgan fingerprint density at radius 3 is 2.93 bits per heavy atom. The Hall–Kier alpha value is -2.71. The topological polar surface area (TPSA) is 102 Å². The molecule has 0 radical (unpaired) electrons. The van der Waals surface area contributed by atoms with Gasteiger partial charge in [-0.15, -0.1) is 11.3 Å². The molecule has 140 valence electrons. The third-order valence-corrected chi connectivity index (χ3v) is 5.91. The fourth-order valence-electron chi connectivity index (χ4n) is 3.27. The SMILES string of the molecule is COc1ccc(-c2cc3c(N[C@H]4CCCNC4)ncc(C(N)=O)c3s2)cn1. The zero-order valence-electron chi connectivity index (χ0n) is 15.0. The molecule has 7 nitrogen and oxygen atoms in total. The molecule has 0 bridgehead atoms. The van der Waals surface area contributed by atoms with Gasteiger partial charge in [-0.25, -0.2) is 9.97 Å². The van der Waals surface area contributed by atoms with Gasteiger partial charge >= 0.3 is 0 Å². The van der Waals surface area contributed by atoms with Crippen LogP contribution >= 0.6 is 11.3 Å². The van der Waals surface area contributed by atoms with Crippen LogP contribution in [0.3, 0.4) is 0 Å². The fraction of sp³-hybridized carbons (Fsp3) is 0.316. The second kappa shape index (κ2) is 7.50. The van der Waals surface area contributed by atoms with Gasteiger partial charge in [-0.1, -0.05) is 0 Å². The van der Waals surface area contributed by atoms with Crippen LogP contribution < -0.4 is 21.1 Å². The number of carbonyl (C=O) groups excluding carboxylic acids is 1. The van der Waals surface area contributed by atoms with E-state index >= 15 is 0 Å². The molecule has 4 rings (SSSR count). The minimum absolute atomic E-state index is 0.319. The molecule has 1 atom stereocenters. The summed E-state index contributed by atoms with van der Waals surface area (Å²) in [5, 5.41) is 7.82. The molecule has 1 amide bonds. The van der Waals surface area contributed by atoms with Gasteiger partial charge in [-0.3, -0.25) is 4.79 Å². The number of pyridine rings is 2. The number of piperidine rings is 1. The number of anilines is 1. The van der Waals surface area contributed by atoms with Crippen LogP contribution in [0.1, 0.15) is 23.2 Å². The molecule has 1 aliphatic rings. The van der Waals surface area contributed by atoms with E-state index in [9.17, 15) is 4.79 Å². The average Bonchev–Trinajstić information content (AvgIpc) is 3.14. The number of hydrogen-bond donors (Lipinski definition) is 3. The molecule has 1 fully saturated rings. The van der Waals surface area contributed by atoms with Gasteiger partial charge in [-0.05, 0) is 31.5 Å². The van der Waals surface area contributed by atoms with Crippen molar-refractivity contribution in [2.24, 2.45) is 5.73 Å². The van der Waals surface area contributed by atoms with Crippen LogP contribution in [0.2, 0.25) is 0 Å². The second-order valence-electron chi connectivity index (χ2n) is 6.52. The first-order valence-electron chi connectivity index (χ1n) is 8.85. The molecule has 3 aromatic rings. The predicted molar refractivity (Wildman–Crippen MR) is 107 cm³/mol. The van der Waals surface area contributed by atoms with E-state index in [0.717, 1.165) is 52.3 Å². The smallest absolute Gasteiger partial charge is 0.251 e. The predicted octanol–water partition coefficient (Wildman–Crippen LogP) is 2.63. The Labute approximate surface area is 161 Å². The second-order valence-corrected chi connectivity index (χ2v) is 7.57. The number of aromatic nitrogens is 2. The van der Waals surface area contributed by atoms with Crippen molar-refractivity contribution in [1.29, 1.82) is 0 Å². The van der Waals surface area contributed by atoms with E-state index in [0.29, 0.717) is 17.5 Å². The Kier molecular flexibility index (Phi) is 4.91. The molecule has 0 unspecified atom stereocenters. The number of carbonyl (C=O) groups is 1. The quantitative estimate of drug-likeness (QED) is 0.626. The number of nitrogens with two attached hydrogens (primary N) is 1. The summed E-state index contributed by atoms with van der Waals surface area (Å²) in [6.07, 6.45) is 5.55. The van der Waals surface area contributed by atoms with E-state index in [1.807, 2.05) is 18.2 Å². The lowest BCUT2D eigenvalue weighted by molar-refractivity contribution is 0.100. The molecule has 27 heavy (non-hydrogen) atoms. The van der Waals surface area contributed by atoms with Crippen LogP contribution in [0.5, 0.6) is 5.88 Å². The summed E-state index contributed by atoms with van der Waals surface area (Å²) in [4.78, 5) is 21.6. The van der Waals surface area contributed by atoms with Gasteiger partial charge in [0.05, 0.1) is 17.4 Å². The monoisotopic (exact) mass is 383 g/mol. The van der Waals surface area contributed by atoms with Crippen LogP contribution in [-0.4, -0.2) is 42.1 Å². The highest BCUT2D eigenvalue weighted by molar-refractivity contribution is 7.22. The Balaban J connectivity index is 1.76. The molecule has 1 saturated heterocycles. The van der Waals surface area contributed by atoms with Crippen molar-refractivity contribution in [3.8, 4) is 16.3 Å². The van der Waals surface area contributed by atoms with E-state index in [1.54, 1.807) is 19.5 Å². The summed E-state index contributed by atoms with van der Waals surface area (Å²) in [7, 11) is 1.59. The van der Waals surface area contributed by atoms with Gasteiger partial charge < -0.3 is 21.1 Å². The third-order valence-electron chi connectivity index (χ3n) is 4.69. The van der Waals surface area contributed by atoms with Crippen molar-refractivity contribution in [2.75, 3.05) is 25.5 Å². The summed E-state index contributed by atoms with van der Waals surface area (Å²) in [5.41, 5.74) is 6.96. The molecule has 4 heterocycles. The van der Waals surface area contributed by atoms with Gasteiger partial charge in [-0.2, -0.15) is 0 Å². The number of methoxy groups -OCH3 is 1. The maximum absolute atomic E-state index is 11.9. The molecule has 1 aliphatic heterocycles. The summed E-state index contributed by atoms with van der Waals surface area (Å²) in [6.45, 7) is 1.95. The molecule has 0 spiro atoms. The highest BCUT2D eigenvalue weighted by Crippen LogP contribution is 2.38. The zero-order chi connectivity index (χ0) is 18.8. The Morgan fingerprint density at radius 2 is 2.26 bits per heavy atom. The van der Waals surface area contributed by atoms with Crippen molar-refractivity contribution in [3.05, 3.63) is 36.2 Å². The first kappa shape index (κ1) is 17.7. The van der Waals surface area contributed by atoms with Crippen LogP contribution in [-0.2, 0) is 0 Å². The molecule has 3 aromatic heterocycles. The standard InChI is InChI=1S/C19H21N5O2S/c1-26-16-5-4-11(8-22-16)15-7-13-17(27-15)14(18(20)25)10-23-19(13)24-12-3-2-6-21-9-12/h4-5,7-8,10,12,21H,2-3,6,9H2,1H3,(H2,20,25)(H,23,24)/t12-/m0/s1. The summed E-state index contributed by atoms with van der Waals surface area (Å²) in [6, 6.07) is 6.13. The summed E-state index contributed by atoms with van der Waals surface area (Å²) in [5.74, 6) is 0.874. The van der Waals surface area contributed by atoms with E-state index in [4.69, 9.17) is 10.5 Å². The number of nitrogens with zero attached hydrogens (tertiary/aromatic N) is 2. The van der Waals surface area contributed by atoms with Gasteiger partial charge in [0.25, 0.3) is 5.91 Å². The molecular formula is C19H21N5O2S. The number of amides is 1. The minimum atomic E-state index is -0.473. The van der Waals surface area contributed by atoms with Crippen molar-refractivity contribution in [2.45, 2.75) is 18.9 Å². The number of thiophene rings is 1. The molecular weight excluding hydrogens is 362 g/mol. The van der Waals surface area contributed by atoms with Gasteiger partial charge in [0.1, 0.15) is 5.82 Å². The lowest BCUT2D eigenvalue weighted by Crippen LogP contribution is -2.38. The van der Waals surface area contributed by atoms with E-state index < -0.39 is 5.91 Å². The molecule has 8 heteroatoms. The van der Waals surface area contributed by atoms with Gasteiger partial charge in [0.15, 0.2) is 0 Å². The van der Waals surface area contributed by atoms with E-state index in [1.165, 1.54) is 11.3 Å². The number of rotatable bonds is 5. The highest BCUT2D eigenvalue weighted by Gasteiger charge is 2.19. The van der Waals surface area contributed by atoms with Crippen LogP contribution in [0.25, 0.3) is 20.5 Å². The zero-order valence-corrected chi connectivity index (χ0v) is 15.8. The summed E-state index contributed by atoms with van der Waals surface area (Å²) < 4.78 is 5.97. The molecule has 0 aliphatic carbocycles. The van der Waals surface area contributed by atoms with Crippen LogP contribution in [0.15, 0.2) is 30.6 Å². The van der Waals surface area contributed by atoms with Gasteiger partial charge in [0, 0.05) is 46.9 Å². The van der Waals surface area contributed by atoms with Crippen LogP contribution in [0, 0.1) is 0 Å². The lowest BCUT2D eigenvalue weighted by atomic mass is 10.1. The summed E-state index contributed by atoms with van der Waals surface area (Å²) >= 11 is 1.52. The number of nitrogens with one attached hydrogen (secondary N) is 2. The molecule has 0 aromatic carbocycles. The fourth-order valence-corrected chi connectivity index (χ4v) is 4.44. The first-order valence-corrected chi connectivity index (χ1v) is 9.67. The van der Waals surface area contributed by atoms with Crippen molar-refractivity contribution in [1.82, 2.24) is 15.3 Å². The maximum atomic E-state index is 11.9. The van der Waals surface area contributed by atoms with Crippen LogP contribution in [0.4, 0.5) is 5.82 Å². The largest absolute Gasteiger partial charge is 0.481 e. The number of primary amides is 1. The Morgan fingerprint density at radius 1 is 1.37 bits per heavy atom. The third kappa shape index (κ3) is 3.58. The van der Waals surface area contributed by atoms with Crippen molar-refractivity contribution in [3.63, 3.8) is 0 Å². The normalized spacial score (nSPS) is 17.0. The van der Waals surface area contributed by atoms with E-state index in [2.05, 4.69) is 20.6 Å². The number of ether oxygens (including phenoxy) is 1. The van der Waals surface area contributed by atoms with Gasteiger partial charge in [0.2, 0.25) is 5.88 Å².